The van der Waals surface area contributed by atoms with Crippen molar-refractivity contribution in [1.82, 2.24) is 10.4 Å². The molecule has 3 rings (SSSR count). The highest BCUT2D eigenvalue weighted by Gasteiger charge is 2.14. The SMILES string of the molecule is NNC(Cc1ccsc1)c1cncc2ccccc12. The fourth-order valence-corrected chi connectivity index (χ4v) is 3.00. The minimum Gasteiger partial charge on any atom is -0.271 e. The number of pyridine rings is 1. The van der Waals surface area contributed by atoms with E-state index >= 15 is 0 Å². The standard InChI is InChI=1S/C15H15N3S/c16-18-15(7-11-5-6-19-10-11)14-9-17-8-12-3-1-2-4-13(12)14/h1-6,8-10,15,18H,7,16H2. The Morgan fingerprint density at radius 3 is 2.89 bits per heavy atom. The van der Waals surface area contributed by atoms with Crippen molar-refractivity contribution in [2.24, 2.45) is 5.84 Å². The number of hydrogen-bond donors (Lipinski definition) is 2. The zero-order valence-electron chi connectivity index (χ0n) is 10.4. The Morgan fingerprint density at radius 2 is 2.11 bits per heavy atom. The van der Waals surface area contributed by atoms with E-state index in [-0.39, 0.29) is 6.04 Å². The number of rotatable bonds is 4. The summed E-state index contributed by atoms with van der Waals surface area (Å²) in [5, 5.41) is 6.59. The molecule has 0 fully saturated rings. The third-order valence-electron chi connectivity index (χ3n) is 3.30. The molecule has 1 atom stereocenters. The van der Waals surface area contributed by atoms with E-state index in [0.717, 1.165) is 17.4 Å². The Morgan fingerprint density at radius 1 is 1.21 bits per heavy atom. The van der Waals surface area contributed by atoms with Crippen LogP contribution in [0.2, 0.25) is 0 Å². The van der Waals surface area contributed by atoms with Gasteiger partial charge in [-0.1, -0.05) is 24.3 Å². The molecule has 0 bridgehead atoms. The number of nitrogens with zero attached hydrogens (tertiary/aromatic N) is 1. The maximum Gasteiger partial charge on any atom is 0.0521 e. The molecule has 2 heterocycles. The van der Waals surface area contributed by atoms with Crippen LogP contribution >= 0.6 is 11.3 Å². The Kier molecular flexibility index (Phi) is 3.55. The van der Waals surface area contributed by atoms with Crippen LogP contribution in [0.4, 0.5) is 0 Å². The molecule has 3 aromatic rings. The molecule has 0 radical (unpaired) electrons. The molecule has 1 aromatic carbocycles. The van der Waals surface area contributed by atoms with Gasteiger partial charge >= 0.3 is 0 Å². The van der Waals surface area contributed by atoms with Crippen molar-refractivity contribution in [3.05, 3.63) is 64.6 Å². The largest absolute Gasteiger partial charge is 0.271 e. The number of nitrogens with one attached hydrogen (secondary N) is 1. The number of hydrogen-bond acceptors (Lipinski definition) is 4. The predicted octanol–water partition coefficient (Wildman–Crippen LogP) is 3.04. The molecule has 0 aliphatic heterocycles. The highest BCUT2D eigenvalue weighted by molar-refractivity contribution is 7.07. The van der Waals surface area contributed by atoms with Gasteiger partial charge in [-0.05, 0) is 39.8 Å². The molecule has 0 spiro atoms. The first kappa shape index (κ1) is 12.3. The number of benzene rings is 1. The van der Waals surface area contributed by atoms with E-state index in [2.05, 4.69) is 39.4 Å². The number of fused-ring (bicyclic) bond motifs is 1. The smallest absolute Gasteiger partial charge is 0.0521 e. The molecule has 96 valence electrons. The minimum absolute atomic E-state index is 0.0770. The summed E-state index contributed by atoms with van der Waals surface area (Å²) < 4.78 is 0. The van der Waals surface area contributed by atoms with Gasteiger partial charge in [0.25, 0.3) is 0 Å². The van der Waals surface area contributed by atoms with Crippen molar-refractivity contribution in [3.63, 3.8) is 0 Å². The van der Waals surface area contributed by atoms with Gasteiger partial charge in [0.15, 0.2) is 0 Å². The molecule has 3 nitrogen and oxygen atoms in total. The van der Waals surface area contributed by atoms with Gasteiger partial charge in [0.2, 0.25) is 0 Å². The van der Waals surface area contributed by atoms with Gasteiger partial charge in [-0.25, -0.2) is 0 Å². The summed E-state index contributed by atoms with van der Waals surface area (Å²) in [5.41, 5.74) is 5.35. The second-order valence-corrected chi connectivity index (χ2v) is 5.28. The molecule has 0 saturated carbocycles. The lowest BCUT2D eigenvalue weighted by Gasteiger charge is -2.17. The van der Waals surface area contributed by atoms with Crippen LogP contribution in [0.15, 0.2) is 53.5 Å². The van der Waals surface area contributed by atoms with E-state index < -0.39 is 0 Å². The van der Waals surface area contributed by atoms with Gasteiger partial charge in [0, 0.05) is 17.8 Å². The first-order chi connectivity index (χ1) is 9.38. The first-order valence-electron chi connectivity index (χ1n) is 6.18. The molecule has 1 unspecified atom stereocenters. The van der Waals surface area contributed by atoms with E-state index in [0.29, 0.717) is 0 Å². The Bertz CT molecular complexity index is 659. The van der Waals surface area contributed by atoms with E-state index in [4.69, 9.17) is 5.84 Å². The Hall–Kier alpha value is -1.75. The molecule has 3 N–H and O–H groups in total. The van der Waals surface area contributed by atoms with E-state index in [1.54, 1.807) is 11.3 Å². The van der Waals surface area contributed by atoms with Gasteiger partial charge in [-0.3, -0.25) is 16.3 Å². The first-order valence-corrected chi connectivity index (χ1v) is 7.12. The summed E-state index contributed by atoms with van der Waals surface area (Å²) in [5.74, 6) is 5.74. The fraction of sp³-hybridized carbons (Fsp3) is 0.133. The molecule has 0 saturated heterocycles. The second-order valence-electron chi connectivity index (χ2n) is 4.50. The molecule has 4 heteroatoms. The van der Waals surface area contributed by atoms with Crippen LogP contribution in [0, 0.1) is 0 Å². The lowest BCUT2D eigenvalue weighted by atomic mass is 9.98. The number of aromatic nitrogens is 1. The third-order valence-corrected chi connectivity index (χ3v) is 4.03. The van der Waals surface area contributed by atoms with Crippen LogP contribution in [0.3, 0.4) is 0 Å². The van der Waals surface area contributed by atoms with E-state index in [9.17, 15) is 0 Å². The monoisotopic (exact) mass is 269 g/mol. The van der Waals surface area contributed by atoms with Crippen LogP contribution in [0.5, 0.6) is 0 Å². The number of thiophene rings is 1. The van der Waals surface area contributed by atoms with E-state index in [1.165, 1.54) is 10.9 Å². The average molecular weight is 269 g/mol. The van der Waals surface area contributed by atoms with Crippen molar-refractivity contribution in [3.8, 4) is 0 Å². The quantitative estimate of drug-likeness (QED) is 0.565. The molecule has 0 aliphatic rings. The maximum absolute atomic E-state index is 5.74. The highest BCUT2D eigenvalue weighted by atomic mass is 32.1. The zero-order chi connectivity index (χ0) is 13.1. The van der Waals surface area contributed by atoms with Crippen LogP contribution < -0.4 is 11.3 Å². The lowest BCUT2D eigenvalue weighted by Crippen LogP contribution is -2.29. The summed E-state index contributed by atoms with van der Waals surface area (Å²) in [7, 11) is 0. The number of hydrazine groups is 1. The lowest BCUT2D eigenvalue weighted by molar-refractivity contribution is 0.555. The van der Waals surface area contributed by atoms with Crippen molar-refractivity contribution in [2.75, 3.05) is 0 Å². The maximum atomic E-state index is 5.74. The predicted molar refractivity (Wildman–Crippen MR) is 79.8 cm³/mol. The van der Waals surface area contributed by atoms with Crippen LogP contribution in [-0.2, 0) is 6.42 Å². The summed E-state index contributed by atoms with van der Waals surface area (Å²) in [6, 6.07) is 10.5. The summed E-state index contributed by atoms with van der Waals surface area (Å²) in [4.78, 5) is 4.32. The van der Waals surface area contributed by atoms with Gasteiger partial charge in [0.05, 0.1) is 6.04 Å². The van der Waals surface area contributed by atoms with Gasteiger partial charge in [0.1, 0.15) is 0 Å². The molecular weight excluding hydrogens is 254 g/mol. The van der Waals surface area contributed by atoms with Crippen molar-refractivity contribution in [2.45, 2.75) is 12.5 Å². The highest BCUT2D eigenvalue weighted by Crippen LogP contribution is 2.25. The summed E-state index contributed by atoms with van der Waals surface area (Å²) in [6.07, 6.45) is 4.66. The zero-order valence-corrected chi connectivity index (χ0v) is 11.2. The normalized spacial score (nSPS) is 12.7. The number of nitrogens with two attached hydrogens (primary N) is 1. The summed E-state index contributed by atoms with van der Waals surface area (Å²) in [6.45, 7) is 0. The molecule has 2 aromatic heterocycles. The van der Waals surface area contributed by atoms with Crippen molar-refractivity contribution < 1.29 is 0 Å². The minimum atomic E-state index is 0.0770. The van der Waals surface area contributed by atoms with Crippen molar-refractivity contribution >= 4 is 22.1 Å². The molecular formula is C15H15N3S. The van der Waals surface area contributed by atoms with Crippen LogP contribution in [0.1, 0.15) is 17.2 Å². The van der Waals surface area contributed by atoms with E-state index in [1.807, 2.05) is 24.5 Å². The molecule has 19 heavy (non-hydrogen) atoms. The van der Waals surface area contributed by atoms with Crippen LogP contribution in [0.25, 0.3) is 10.8 Å². The second kappa shape index (κ2) is 5.48. The average Bonchev–Trinajstić information content (AvgIpc) is 2.97. The summed E-state index contributed by atoms with van der Waals surface area (Å²) >= 11 is 1.71. The Labute approximate surface area is 116 Å². The third kappa shape index (κ3) is 2.51. The Balaban J connectivity index is 2.01. The van der Waals surface area contributed by atoms with Gasteiger partial charge in [-0.15, -0.1) is 0 Å². The fourth-order valence-electron chi connectivity index (χ4n) is 2.32. The van der Waals surface area contributed by atoms with Crippen LogP contribution in [-0.4, -0.2) is 4.98 Å². The molecule has 0 amide bonds. The van der Waals surface area contributed by atoms with Crippen molar-refractivity contribution in [1.29, 1.82) is 0 Å². The van der Waals surface area contributed by atoms with Gasteiger partial charge < -0.3 is 0 Å². The van der Waals surface area contributed by atoms with Gasteiger partial charge in [-0.2, -0.15) is 11.3 Å². The molecule has 0 aliphatic carbocycles. The topological polar surface area (TPSA) is 50.9 Å².